The molecule has 0 amide bonds. The number of aliphatic hydroxyl groups is 1. The van der Waals surface area contributed by atoms with E-state index in [-0.39, 0.29) is 6.61 Å². The molecule has 1 heterocycles. The standard InChI is InChI=1S/C28H39N3O5/c1-21(2)19-35-20-23(32)17-31(14-15-33-4)18-26-27(22-10-7-6-8-11-22)29-30(3)28(26)36-25-13-9-12-24(16-25)34-5/h6-13,16,21,23,32H,14-15,17-20H2,1-5H3/t23-/m0/s1. The Labute approximate surface area is 214 Å². The summed E-state index contributed by atoms with van der Waals surface area (Å²) in [6.07, 6.45) is -0.625. The van der Waals surface area contributed by atoms with Crippen LogP contribution in [0.1, 0.15) is 19.4 Å². The number of aromatic nitrogens is 2. The number of aliphatic hydroxyl groups excluding tert-OH is 1. The Morgan fingerprint density at radius 3 is 2.44 bits per heavy atom. The van der Waals surface area contributed by atoms with Crippen LogP contribution in [-0.2, 0) is 23.1 Å². The van der Waals surface area contributed by atoms with Gasteiger partial charge >= 0.3 is 0 Å². The van der Waals surface area contributed by atoms with Gasteiger partial charge in [-0.3, -0.25) is 4.90 Å². The molecule has 0 aliphatic rings. The van der Waals surface area contributed by atoms with E-state index in [1.54, 1.807) is 18.9 Å². The van der Waals surface area contributed by atoms with Gasteiger partial charge in [-0.05, 0) is 18.1 Å². The zero-order valence-electron chi connectivity index (χ0n) is 22.0. The molecule has 8 heteroatoms. The predicted octanol–water partition coefficient (Wildman–Crippen LogP) is 4.37. The molecule has 0 saturated heterocycles. The molecule has 1 N–H and O–H groups in total. The number of hydrogen-bond donors (Lipinski definition) is 1. The lowest BCUT2D eigenvalue weighted by molar-refractivity contribution is 0.00329. The van der Waals surface area contributed by atoms with E-state index in [4.69, 9.17) is 24.0 Å². The number of ether oxygens (including phenoxy) is 4. The van der Waals surface area contributed by atoms with Crippen molar-refractivity contribution in [2.24, 2.45) is 13.0 Å². The third kappa shape index (κ3) is 8.06. The maximum Gasteiger partial charge on any atom is 0.222 e. The van der Waals surface area contributed by atoms with Crippen LogP contribution in [0.3, 0.4) is 0 Å². The highest BCUT2D eigenvalue weighted by Crippen LogP contribution is 2.35. The Bertz CT molecular complexity index is 1050. The fourth-order valence-electron chi connectivity index (χ4n) is 3.90. The smallest absolute Gasteiger partial charge is 0.222 e. The molecule has 0 unspecified atom stereocenters. The van der Waals surface area contributed by atoms with E-state index in [9.17, 15) is 5.11 Å². The van der Waals surface area contributed by atoms with Crippen LogP contribution >= 0.6 is 0 Å². The van der Waals surface area contributed by atoms with E-state index >= 15 is 0 Å². The number of nitrogens with zero attached hydrogens (tertiary/aromatic N) is 3. The third-order valence-corrected chi connectivity index (χ3v) is 5.61. The van der Waals surface area contributed by atoms with Gasteiger partial charge in [0.1, 0.15) is 17.2 Å². The van der Waals surface area contributed by atoms with Crippen LogP contribution in [-0.4, -0.2) is 73.0 Å². The molecule has 1 atom stereocenters. The highest BCUT2D eigenvalue weighted by atomic mass is 16.5. The summed E-state index contributed by atoms with van der Waals surface area (Å²) in [5.41, 5.74) is 2.76. The van der Waals surface area contributed by atoms with Crippen LogP contribution in [0.2, 0.25) is 0 Å². The average molecular weight is 498 g/mol. The minimum atomic E-state index is -0.625. The fourth-order valence-corrected chi connectivity index (χ4v) is 3.90. The van der Waals surface area contributed by atoms with Crippen molar-refractivity contribution in [1.82, 2.24) is 14.7 Å². The predicted molar refractivity (Wildman–Crippen MR) is 141 cm³/mol. The molecule has 3 rings (SSSR count). The first kappa shape index (κ1) is 27.7. The molecule has 0 fully saturated rings. The normalized spacial score (nSPS) is 12.3. The maximum absolute atomic E-state index is 10.7. The van der Waals surface area contributed by atoms with Gasteiger partial charge in [0.15, 0.2) is 0 Å². The summed E-state index contributed by atoms with van der Waals surface area (Å²) < 4.78 is 24.5. The van der Waals surface area contributed by atoms with Gasteiger partial charge in [-0.25, -0.2) is 4.68 Å². The first-order chi connectivity index (χ1) is 17.4. The van der Waals surface area contributed by atoms with Gasteiger partial charge in [0, 0.05) is 52.0 Å². The monoisotopic (exact) mass is 497 g/mol. The summed E-state index contributed by atoms with van der Waals surface area (Å²) in [6, 6.07) is 17.5. The van der Waals surface area contributed by atoms with E-state index in [2.05, 4.69) is 18.7 Å². The fraction of sp³-hybridized carbons (Fsp3) is 0.464. The molecular formula is C28H39N3O5. The van der Waals surface area contributed by atoms with Crippen LogP contribution in [0.15, 0.2) is 54.6 Å². The molecule has 0 saturated carbocycles. The van der Waals surface area contributed by atoms with E-state index in [0.29, 0.717) is 56.1 Å². The van der Waals surface area contributed by atoms with E-state index in [1.165, 1.54) is 0 Å². The highest BCUT2D eigenvalue weighted by molar-refractivity contribution is 5.65. The van der Waals surface area contributed by atoms with Gasteiger partial charge in [0.05, 0.1) is 32.0 Å². The summed E-state index contributed by atoms with van der Waals surface area (Å²) in [5, 5.41) is 15.5. The largest absolute Gasteiger partial charge is 0.497 e. The number of benzene rings is 2. The lowest BCUT2D eigenvalue weighted by Crippen LogP contribution is -2.37. The van der Waals surface area contributed by atoms with Gasteiger partial charge in [0.25, 0.3) is 0 Å². The zero-order valence-corrected chi connectivity index (χ0v) is 22.0. The van der Waals surface area contributed by atoms with E-state index in [1.807, 2.05) is 61.6 Å². The molecular weight excluding hydrogens is 458 g/mol. The Balaban J connectivity index is 1.91. The third-order valence-electron chi connectivity index (χ3n) is 5.61. The van der Waals surface area contributed by atoms with Crippen molar-refractivity contribution < 1.29 is 24.1 Å². The van der Waals surface area contributed by atoms with Crippen molar-refractivity contribution in [1.29, 1.82) is 0 Å². The number of hydrogen-bond acceptors (Lipinski definition) is 7. The van der Waals surface area contributed by atoms with Crippen LogP contribution in [0, 0.1) is 5.92 Å². The summed E-state index contributed by atoms with van der Waals surface area (Å²) >= 11 is 0. The molecule has 0 spiro atoms. The lowest BCUT2D eigenvalue weighted by Gasteiger charge is -2.25. The van der Waals surface area contributed by atoms with Crippen molar-refractivity contribution in [3.05, 3.63) is 60.2 Å². The maximum atomic E-state index is 10.7. The van der Waals surface area contributed by atoms with Crippen molar-refractivity contribution in [2.45, 2.75) is 26.5 Å². The van der Waals surface area contributed by atoms with Gasteiger partial charge in [-0.2, -0.15) is 5.10 Å². The molecule has 0 aliphatic carbocycles. The molecule has 2 aromatic carbocycles. The Hall–Kier alpha value is -2.91. The quantitative estimate of drug-likeness (QED) is 0.334. The Morgan fingerprint density at radius 2 is 1.75 bits per heavy atom. The molecule has 3 aromatic rings. The van der Waals surface area contributed by atoms with Gasteiger partial charge < -0.3 is 24.1 Å². The summed E-state index contributed by atoms with van der Waals surface area (Å²) in [7, 11) is 5.18. The van der Waals surface area contributed by atoms with Gasteiger partial charge in [-0.1, -0.05) is 50.2 Å². The molecule has 36 heavy (non-hydrogen) atoms. The summed E-state index contributed by atoms with van der Waals surface area (Å²) in [5.74, 6) is 2.42. The summed E-state index contributed by atoms with van der Waals surface area (Å²) in [4.78, 5) is 2.15. The van der Waals surface area contributed by atoms with Crippen LogP contribution in [0.5, 0.6) is 17.4 Å². The second-order valence-corrected chi connectivity index (χ2v) is 9.22. The second kappa shape index (κ2) is 14.0. The van der Waals surface area contributed by atoms with Crippen LogP contribution in [0.25, 0.3) is 11.3 Å². The average Bonchev–Trinajstić information content (AvgIpc) is 3.17. The highest BCUT2D eigenvalue weighted by Gasteiger charge is 2.23. The molecule has 0 bridgehead atoms. The first-order valence-electron chi connectivity index (χ1n) is 12.3. The Kier molecular flexibility index (Phi) is 10.8. The number of rotatable bonds is 15. The van der Waals surface area contributed by atoms with Crippen molar-refractivity contribution in [3.8, 4) is 28.6 Å². The molecule has 8 nitrogen and oxygen atoms in total. The minimum Gasteiger partial charge on any atom is -0.497 e. The van der Waals surface area contributed by atoms with Gasteiger partial charge in [0.2, 0.25) is 5.88 Å². The topological polar surface area (TPSA) is 78.2 Å². The molecule has 0 radical (unpaired) electrons. The lowest BCUT2D eigenvalue weighted by atomic mass is 10.1. The SMILES string of the molecule is COCCN(Cc1c(-c2ccccc2)nn(C)c1Oc1cccc(OC)c1)C[C@H](O)COCC(C)C. The van der Waals surface area contributed by atoms with E-state index in [0.717, 1.165) is 16.8 Å². The number of aryl methyl sites for hydroxylation is 1. The van der Waals surface area contributed by atoms with Crippen LogP contribution < -0.4 is 9.47 Å². The van der Waals surface area contributed by atoms with Crippen LogP contribution in [0.4, 0.5) is 0 Å². The van der Waals surface area contributed by atoms with Crippen molar-refractivity contribution in [2.75, 3.05) is 47.1 Å². The minimum absolute atomic E-state index is 0.285. The zero-order chi connectivity index (χ0) is 25.9. The van der Waals surface area contributed by atoms with Gasteiger partial charge in [-0.15, -0.1) is 0 Å². The van der Waals surface area contributed by atoms with Crippen molar-refractivity contribution >= 4 is 0 Å². The van der Waals surface area contributed by atoms with E-state index < -0.39 is 6.10 Å². The second-order valence-electron chi connectivity index (χ2n) is 9.22. The summed E-state index contributed by atoms with van der Waals surface area (Å²) in [6.45, 7) is 7.21. The first-order valence-corrected chi connectivity index (χ1v) is 12.3. The number of methoxy groups -OCH3 is 2. The molecule has 196 valence electrons. The molecule has 1 aromatic heterocycles. The van der Waals surface area contributed by atoms with Crippen molar-refractivity contribution in [3.63, 3.8) is 0 Å². The Morgan fingerprint density at radius 1 is 1.00 bits per heavy atom. The molecule has 0 aliphatic heterocycles.